The number of hydrogen-bond donors (Lipinski definition) is 3. The lowest BCUT2D eigenvalue weighted by Crippen LogP contribution is -2.37. The molecule has 0 aromatic carbocycles. The minimum Gasteiger partial charge on any atom is -0.383 e. The van der Waals surface area contributed by atoms with E-state index in [-0.39, 0.29) is 24.7 Å². The molecule has 0 unspecified atom stereocenters. The van der Waals surface area contributed by atoms with Crippen molar-refractivity contribution in [2.24, 2.45) is 5.14 Å². The number of rotatable bonds is 8. The third-order valence-corrected chi connectivity index (χ3v) is 2.25. The van der Waals surface area contributed by atoms with Crippen molar-refractivity contribution in [2.75, 3.05) is 39.1 Å². The maximum Gasteiger partial charge on any atom is 0.234 e. The van der Waals surface area contributed by atoms with Crippen LogP contribution in [-0.4, -0.2) is 53.4 Å². The SMILES string of the molecule is COCCNC(=O)CNCCS(N)(=O)=O. The summed E-state index contributed by atoms with van der Waals surface area (Å²) in [5.74, 6) is -0.389. The van der Waals surface area contributed by atoms with Gasteiger partial charge in [0.1, 0.15) is 0 Å². The Morgan fingerprint density at radius 1 is 1.40 bits per heavy atom. The quantitative estimate of drug-likeness (QED) is 0.410. The highest BCUT2D eigenvalue weighted by Crippen LogP contribution is 1.74. The Labute approximate surface area is 89.4 Å². The van der Waals surface area contributed by atoms with Gasteiger partial charge in [-0.1, -0.05) is 0 Å². The van der Waals surface area contributed by atoms with Crippen molar-refractivity contribution in [3.8, 4) is 0 Å². The molecule has 0 rings (SSSR count). The van der Waals surface area contributed by atoms with Crippen LogP contribution in [-0.2, 0) is 19.6 Å². The lowest BCUT2D eigenvalue weighted by molar-refractivity contribution is -0.120. The number of ether oxygens (including phenoxy) is 1. The second-order valence-corrected chi connectivity index (χ2v) is 4.62. The number of nitrogens with two attached hydrogens (primary N) is 1. The first-order valence-corrected chi connectivity index (χ1v) is 6.14. The van der Waals surface area contributed by atoms with Crippen LogP contribution in [0.1, 0.15) is 0 Å². The molecule has 8 heteroatoms. The van der Waals surface area contributed by atoms with E-state index in [2.05, 4.69) is 10.6 Å². The Kier molecular flexibility index (Phi) is 7.22. The van der Waals surface area contributed by atoms with E-state index in [1.165, 1.54) is 7.11 Å². The predicted molar refractivity (Wildman–Crippen MR) is 55.7 cm³/mol. The van der Waals surface area contributed by atoms with Gasteiger partial charge in [-0.15, -0.1) is 0 Å². The monoisotopic (exact) mass is 239 g/mol. The molecule has 90 valence electrons. The predicted octanol–water partition coefficient (Wildman–Crippen LogP) is -2.37. The van der Waals surface area contributed by atoms with Gasteiger partial charge in [-0.25, -0.2) is 13.6 Å². The topological polar surface area (TPSA) is 111 Å². The second kappa shape index (κ2) is 7.57. The fourth-order valence-corrected chi connectivity index (χ4v) is 1.20. The maximum absolute atomic E-state index is 11.0. The Bertz CT molecular complexity index is 278. The molecule has 15 heavy (non-hydrogen) atoms. The molecule has 0 aliphatic carbocycles. The Morgan fingerprint density at radius 2 is 2.07 bits per heavy atom. The van der Waals surface area contributed by atoms with Crippen molar-refractivity contribution in [1.82, 2.24) is 10.6 Å². The highest BCUT2D eigenvalue weighted by Gasteiger charge is 2.03. The van der Waals surface area contributed by atoms with Gasteiger partial charge in [-0.05, 0) is 0 Å². The number of nitrogens with one attached hydrogen (secondary N) is 2. The summed E-state index contributed by atoms with van der Waals surface area (Å²) in [6.07, 6.45) is 0. The molecule has 0 aromatic heterocycles. The van der Waals surface area contributed by atoms with Crippen LogP contribution in [0.2, 0.25) is 0 Å². The van der Waals surface area contributed by atoms with E-state index in [0.717, 1.165) is 0 Å². The first kappa shape index (κ1) is 14.3. The van der Waals surface area contributed by atoms with Crippen LogP contribution in [0.5, 0.6) is 0 Å². The first-order valence-electron chi connectivity index (χ1n) is 4.42. The van der Waals surface area contributed by atoms with E-state index in [9.17, 15) is 13.2 Å². The van der Waals surface area contributed by atoms with Crippen LogP contribution in [0.25, 0.3) is 0 Å². The molecule has 0 saturated carbocycles. The van der Waals surface area contributed by atoms with Crippen molar-refractivity contribution in [3.05, 3.63) is 0 Å². The van der Waals surface area contributed by atoms with Gasteiger partial charge in [-0.3, -0.25) is 4.79 Å². The van der Waals surface area contributed by atoms with Gasteiger partial charge in [0.25, 0.3) is 0 Å². The van der Waals surface area contributed by atoms with Crippen molar-refractivity contribution in [2.45, 2.75) is 0 Å². The summed E-state index contributed by atoms with van der Waals surface area (Å²) >= 11 is 0. The van der Waals surface area contributed by atoms with Gasteiger partial charge in [0.05, 0.1) is 18.9 Å². The highest BCUT2D eigenvalue weighted by molar-refractivity contribution is 7.89. The van der Waals surface area contributed by atoms with Crippen molar-refractivity contribution < 1.29 is 17.9 Å². The molecule has 0 saturated heterocycles. The van der Waals surface area contributed by atoms with E-state index in [4.69, 9.17) is 9.88 Å². The molecule has 7 nitrogen and oxygen atoms in total. The second-order valence-electron chi connectivity index (χ2n) is 2.89. The van der Waals surface area contributed by atoms with Crippen LogP contribution < -0.4 is 15.8 Å². The van der Waals surface area contributed by atoms with Gasteiger partial charge in [0.2, 0.25) is 15.9 Å². The van der Waals surface area contributed by atoms with Crippen LogP contribution in [0.15, 0.2) is 0 Å². The number of methoxy groups -OCH3 is 1. The van der Waals surface area contributed by atoms with E-state index in [1.807, 2.05) is 0 Å². The zero-order valence-electron chi connectivity index (χ0n) is 8.65. The zero-order valence-corrected chi connectivity index (χ0v) is 9.47. The third-order valence-electron chi connectivity index (χ3n) is 1.48. The normalized spacial score (nSPS) is 11.3. The molecular formula is C7H17N3O4S. The molecule has 0 aliphatic rings. The Hall–Kier alpha value is -0.700. The van der Waals surface area contributed by atoms with Crippen LogP contribution in [0, 0.1) is 0 Å². The summed E-state index contributed by atoms with van der Waals surface area (Å²) in [6, 6.07) is 0. The summed E-state index contributed by atoms with van der Waals surface area (Å²) in [6.45, 7) is 1.12. The molecule has 1 amide bonds. The average molecular weight is 239 g/mol. The number of amides is 1. The zero-order chi connectivity index (χ0) is 11.7. The Morgan fingerprint density at radius 3 is 2.60 bits per heavy atom. The summed E-state index contributed by atoms with van der Waals surface area (Å²) in [5, 5.41) is 10.00. The molecule has 0 aromatic rings. The molecule has 0 heterocycles. The smallest absolute Gasteiger partial charge is 0.234 e. The molecule has 0 radical (unpaired) electrons. The minimum atomic E-state index is -3.46. The number of hydrogen-bond acceptors (Lipinski definition) is 5. The van der Waals surface area contributed by atoms with E-state index in [0.29, 0.717) is 13.2 Å². The van der Waals surface area contributed by atoms with E-state index >= 15 is 0 Å². The largest absolute Gasteiger partial charge is 0.383 e. The van der Waals surface area contributed by atoms with Crippen LogP contribution >= 0.6 is 0 Å². The van der Waals surface area contributed by atoms with Gasteiger partial charge in [0, 0.05) is 20.2 Å². The summed E-state index contributed by atoms with van der Waals surface area (Å²) < 4.78 is 25.7. The molecule has 0 spiro atoms. The minimum absolute atomic E-state index is 0.0687. The van der Waals surface area contributed by atoms with Crippen molar-refractivity contribution >= 4 is 15.9 Å². The van der Waals surface area contributed by atoms with Gasteiger partial charge < -0.3 is 15.4 Å². The molecule has 0 aliphatic heterocycles. The highest BCUT2D eigenvalue weighted by atomic mass is 32.2. The Balaban J connectivity index is 3.39. The first-order chi connectivity index (χ1) is 6.95. The standard InChI is InChI=1S/C7H17N3O4S/c1-14-4-2-10-7(11)6-9-3-5-15(8,12)13/h9H,2-6H2,1H3,(H,10,11)(H2,8,12,13). The summed E-state index contributed by atoms with van der Waals surface area (Å²) in [7, 11) is -1.92. The van der Waals surface area contributed by atoms with Gasteiger partial charge in [-0.2, -0.15) is 0 Å². The number of carbonyl (C=O) groups excluding carboxylic acids is 1. The molecule has 0 fully saturated rings. The van der Waals surface area contributed by atoms with Gasteiger partial charge >= 0.3 is 0 Å². The molecule has 0 atom stereocenters. The van der Waals surface area contributed by atoms with Crippen molar-refractivity contribution in [3.63, 3.8) is 0 Å². The lowest BCUT2D eigenvalue weighted by Gasteiger charge is -2.05. The number of carbonyl (C=O) groups is 1. The molecule has 4 N–H and O–H groups in total. The van der Waals surface area contributed by atoms with Crippen LogP contribution in [0.4, 0.5) is 0 Å². The van der Waals surface area contributed by atoms with E-state index < -0.39 is 10.0 Å². The average Bonchev–Trinajstić information content (AvgIpc) is 2.11. The maximum atomic E-state index is 11.0. The summed E-state index contributed by atoms with van der Waals surface area (Å²) in [5.41, 5.74) is 0. The molecule has 0 bridgehead atoms. The van der Waals surface area contributed by atoms with E-state index in [1.54, 1.807) is 0 Å². The fraction of sp³-hybridized carbons (Fsp3) is 0.857. The third kappa shape index (κ3) is 11.2. The van der Waals surface area contributed by atoms with Gasteiger partial charge in [0.15, 0.2) is 0 Å². The fourth-order valence-electron chi connectivity index (χ4n) is 0.771. The van der Waals surface area contributed by atoms with Crippen LogP contribution in [0.3, 0.4) is 0 Å². The van der Waals surface area contributed by atoms with Crippen molar-refractivity contribution in [1.29, 1.82) is 0 Å². The molecular weight excluding hydrogens is 222 g/mol. The lowest BCUT2D eigenvalue weighted by atomic mass is 10.5. The summed E-state index contributed by atoms with van der Waals surface area (Å²) in [4.78, 5) is 11.0. The number of sulfonamides is 1. The number of primary sulfonamides is 1.